The Bertz CT molecular complexity index is 883. The zero-order chi connectivity index (χ0) is 16.0. The van der Waals surface area contributed by atoms with Crippen LogP contribution in [-0.2, 0) is 0 Å². The second-order valence-corrected chi connectivity index (χ2v) is 5.81. The molecule has 0 radical (unpaired) electrons. The maximum absolute atomic E-state index is 10.2. The van der Waals surface area contributed by atoms with E-state index in [4.69, 9.17) is 14.5 Å². The van der Waals surface area contributed by atoms with Crippen molar-refractivity contribution in [3.05, 3.63) is 47.8 Å². The van der Waals surface area contributed by atoms with Gasteiger partial charge in [0.2, 0.25) is 0 Å². The first kappa shape index (κ1) is 14.1. The molecule has 1 atom stereocenters. The van der Waals surface area contributed by atoms with E-state index in [0.29, 0.717) is 13.2 Å². The number of nitrogens with zero attached hydrogens (tertiary/aromatic N) is 2. The lowest BCUT2D eigenvalue weighted by atomic mass is 10.1. The molecule has 0 spiro atoms. The predicted octanol–water partition coefficient (Wildman–Crippen LogP) is 3.13. The van der Waals surface area contributed by atoms with Crippen molar-refractivity contribution in [2.75, 3.05) is 13.2 Å². The molecule has 1 aliphatic heterocycles. The molecule has 5 nitrogen and oxygen atoms in total. The normalized spacial score (nSPS) is 14.9. The number of benzene rings is 1. The van der Waals surface area contributed by atoms with Crippen LogP contribution in [0.3, 0.4) is 0 Å². The van der Waals surface area contributed by atoms with Crippen LogP contribution in [0, 0.1) is 6.92 Å². The number of hydrogen-bond donors (Lipinski definition) is 1. The zero-order valence-electron chi connectivity index (χ0n) is 13.1. The summed E-state index contributed by atoms with van der Waals surface area (Å²) in [5.74, 6) is 1.47. The number of pyridine rings is 1. The lowest BCUT2D eigenvalue weighted by Crippen LogP contribution is -2.15. The van der Waals surface area contributed by atoms with Crippen LogP contribution in [0.15, 0.2) is 36.5 Å². The van der Waals surface area contributed by atoms with Gasteiger partial charge in [-0.25, -0.2) is 4.98 Å². The standard InChI is InChI=1S/C18H18N2O3/c1-11-5-6-20-16(9-11)19-17(18(20)12(2)21)13-3-4-14-15(10-13)23-8-7-22-14/h3-6,9-10,12,21H,7-8H2,1-2H3. The molecule has 1 N–H and O–H groups in total. The molecule has 1 aliphatic rings. The fourth-order valence-corrected chi connectivity index (χ4v) is 2.97. The molecule has 3 aromatic rings. The van der Waals surface area contributed by atoms with E-state index in [2.05, 4.69) is 0 Å². The molecule has 118 valence electrons. The third kappa shape index (κ3) is 2.33. The highest BCUT2D eigenvalue weighted by molar-refractivity contribution is 5.70. The average Bonchev–Trinajstić information content (AvgIpc) is 2.93. The number of aliphatic hydroxyl groups is 1. The lowest BCUT2D eigenvalue weighted by molar-refractivity contribution is 0.171. The molecule has 4 rings (SSSR count). The minimum absolute atomic E-state index is 0.546. The molecule has 23 heavy (non-hydrogen) atoms. The molecule has 1 unspecified atom stereocenters. The van der Waals surface area contributed by atoms with Crippen LogP contribution in [0.1, 0.15) is 24.3 Å². The first-order valence-corrected chi connectivity index (χ1v) is 7.70. The van der Waals surface area contributed by atoms with Gasteiger partial charge < -0.3 is 19.0 Å². The maximum Gasteiger partial charge on any atom is 0.162 e. The highest BCUT2D eigenvalue weighted by Crippen LogP contribution is 2.36. The number of hydrogen-bond acceptors (Lipinski definition) is 4. The molecule has 0 fully saturated rings. The van der Waals surface area contributed by atoms with Gasteiger partial charge in [-0.2, -0.15) is 0 Å². The molecule has 1 aromatic carbocycles. The van der Waals surface area contributed by atoms with Crippen molar-refractivity contribution in [1.82, 2.24) is 9.38 Å². The van der Waals surface area contributed by atoms with Crippen molar-refractivity contribution in [3.63, 3.8) is 0 Å². The number of aromatic nitrogens is 2. The van der Waals surface area contributed by atoms with E-state index >= 15 is 0 Å². The Kier molecular flexibility index (Phi) is 3.23. The van der Waals surface area contributed by atoms with E-state index in [9.17, 15) is 5.11 Å². The summed E-state index contributed by atoms with van der Waals surface area (Å²) in [7, 11) is 0. The number of aliphatic hydroxyl groups excluding tert-OH is 1. The Morgan fingerprint density at radius 2 is 1.91 bits per heavy atom. The SMILES string of the molecule is Cc1ccn2c(C(C)O)c(-c3ccc4c(c3)OCCO4)nc2c1. The third-order valence-corrected chi connectivity index (χ3v) is 4.03. The molecule has 0 aliphatic carbocycles. The summed E-state index contributed by atoms with van der Waals surface area (Å²) in [4.78, 5) is 4.72. The second kappa shape index (κ2) is 5.28. The van der Waals surface area contributed by atoms with Crippen molar-refractivity contribution < 1.29 is 14.6 Å². The van der Waals surface area contributed by atoms with Crippen molar-refractivity contribution in [3.8, 4) is 22.8 Å². The monoisotopic (exact) mass is 310 g/mol. The van der Waals surface area contributed by atoms with Crippen LogP contribution < -0.4 is 9.47 Å². The number of aryl methyl sites for hydroxylation is 1. The summed E-state index contributed by atoms with van der Waals surface area (Å²) in [5, 5.41) is 10.2. The molecule has 5 heteroatoms. The van der Waals surface area contributed by atoms with Crippen LogP contribution in [-0.4, -0.2) is 27.7 Å². The summed E-state index contributed by atoms with van der Waals surface area (Å²) >= 11 is 0. The summed E-state index contributed by atoms with van der Waals surface area (Å²) in [5.41, 5.74) is 4.41. The fraction of sp³-hybridized carbons (Fsp3) is 0.278. The average molecular weight is 310 g/mol. The van der Waals surface area contributed by atoms with Crippen LogP contribution in [0.2, 0.25) is 0 Å². The highest BCUT2D eigenvalue weighted by atomic mass is 16.6. The smallest absolute Gasteiger partial charge is 0.162 e. The summed E-state index contributed by atoms with van der Waals surface area (Å²) in [6, 6.07) is 9.79. The van der Waals surface area contributed by atoms with Gasteiger partial charge in [0, 0.05) is 11.8 Å². The molecule has 0 saturated heterocycles. The minimum Gasteiger partial charge on any atom is -0.486 e. The molecule has 0 amide bonds. The summed E-state index contributed by atoms with van der Waals surface area (Å²) < 4.78 is 13.2. The van der Waals surface area contributed by atoms with Crippen LogP contribution in [0.25, 0.3) is 16.9 Å². The highest BCUT2D eigenvalue weighted by Gasteiger charge is 2.20. The molecular weight excluding hydrogens is 292 g/mol. The van der Waals surface area contributed by atoms with Crippen molar-refractivity contribution in [2.24, 2.45) is 0 Å². The number of rotatable bonds is 2. The van der Waals surface area contributed by atoms with Gasteiger partial charge in [0.15, 0.2) is 11.5 Å². The van der Waals surface area contributed by atoms with Crippen molar-refractivity contribution >= 4 is 5.65 Å². The van der Waals surface area contributed by atoms with Crippen LogP contribution in [0.5, 0.6) is 11.5 Å². The zero-order valence-corrected chi connectivity index (χ0v) is 13.1. The molecule has 0 bridgehead atoms. The van der Waals surface area contributed by atoms with Gasteiger partial charge in [-0.1, -0.05) is 0 Å². The van der Waals surface area contributed by atoms with E-state index in [-0.39, 0.29) is 0 Å². The third-order valence-electron chi connectivity index (χ3n) is 4.03. The Morgan fingerprint density at radius 3 is 2.70 bits per heavy atom. The topological polar surface area (TPSA) is 56.0 Å². The molecular formula is C18H18N2O3. The van der Waals surface area contributed by atoms with Gasteiger partial charge in [-0.3, -0.25) is 0 Å². The number of ether oxygens (including phenoxy) is 2. The van der Waals surface area contributed by atoms with Crippen LogP contribution in [0.4, 0.5) is 0 Å². The van der Waals surface area contributed by atoms with Gasteiger partial charge in [-0.05, 0) is 49.7 Å². The second-order valence-electron chi connectivity index (χ2n) is 5.81. The van der Waals surface area contributed by atoms with E-state index < -0.39 is 6.10 Å². The maximum atomic E-state index is 10.2. The van der Waals surface area contributed by atoms with Crippen molar-refractivity contribution in [1.29, 1.82) is 0 Å². The van der Waals surface area contributed by atoms with Gasteiger partial charge >= 0.3 is 0 Å². The van der Waals surface area contributed by atoms with E-state index in [1.807, 2.05) is 47.9 Å². The first-order valence-electron chi connectivity index (χ1n) is 7.70. The van der Waals surface area contributed by atoms with Gasteiger partial charge in [0.1, 0.15) is 18.9 Å². The van der Waals surface area contributed by atoms with Gasteiger partial charge in [-0.15, -0.1) is 0 Å². The molecule has 3 heterocycles. The number of fused-ring (bicyclic) bond motifs is 2. The Labute approximate surface area is 134 Å². The van der Waals surface area contributed by atoms with Crippen LogP contribution >= 0.6 is 0 Å². The van der Waals surface area contributed by atoms with E-state index in [1.165, 1.54) is 0 Å². The number of imidazole rings is 1. The summed E-state index contributed by atoms with van der Waals surface area (Å²) in [6.45, 7) is 4.90. The van der Waals surface area contributed by atoms with Gasteiger partial charge in [0.05, 0.1) is 17.5 Å². The first-order chi connectivity index (χ1) is 11.1. The van der Waals surface area contributed by atoms with E-state index in [1.54, 1.807) is 6.92 Å². The molecule has 0 saturated carbocycles. The van der Waals surface area contributed by atoms with E-state index in [0.717, 1.165) is 39.7 Å². The fourth-order valence-electron chi connectivity index (χ4n) is 2.97. The lowest BCUT2D eigenvalue weighted by Gasteiger charge is -2.19. The Balaban J connectivity index is 1.92. The summed E-state index contributed by atoms with van der Waals surface area (Å²) in [6.07, 6.45) is 1.32. The Morgan fingerprint density at radius 1 is 1.13 bits per heavy atom. The molecule has 2 aromatic heterocycles. The Hall–Kier alpha value is -2.53. The largest absolute Gasteiger partial charge is 0.486 e. The minimum atomic E-state index is -0.629. The van der Waals surface area contributed by atoms with Gasteiger partial charge in [0.25, 0.3) is 0 Å². The predicted molar refractivity (Wildman–Crippen MR) is 87.0 cm³/mol. The van der Waals surface area contributed by atoms with Crippen molar-refractivity contribution in [2.45, 2.75) is 20.0 Å². The quantitative estimate of drug-likeness (QED) is 0.790.